The van der Waals surface area contributed by atoms with Crippen LogP contribution in [0.2, 0.25) is 5.02 Å². The molecule has 0 radical (unpaired) electrons. The van der Waals surface area contributed by atoms with Crippen LogP contribution in [0, 0.1) is 11.7 Å². The Hall–Kier alpha value is -1.13. The number of halogens is 2. The zero-order chi connectivity index (χ0) is 15.3. The number of methoxy groups -OCH3 is 1. The molecule has 0 heterocycles. The van der Waals surface area contributed by atoms with Crippen LogP contribution >= 0.6 is 11.6 Å². The van der Waals surface area contributed by atoms with Gasteiger partial charge in [0.1, 0.15) is 11.9 Å². The third-order valence-corrected chi connectivity index (χ3v) is 3.39. The van der Waals surface area contributed by atoms with E-state index in [0.29, 0.717) is 12.3 Å². The molecule has 1 N–H and O–H groups in total. The zero-order valence-corrected chi connectivity index (χ0v) is 13.0. The van der Waals surface area contributed by atoms with E-state index in [0.717, 1.165) is 5.56 Å². The van der Waals surface area contributed by atoms with Gasteiger partial charge in [0.25, 0.3) is 0 Å². The predicted molar refractivity (Wildman–Crippen MR) is 78.2 cm³/mol. The van der Waals surface area contributed by atoms with Crippen molar-refractivity contribution in [3.8, 4) is 0 Å². The van der Waals surface area contributed by atoms with E-state index >= 15 is 0 Å². The molecule has 0 aliphatic carbocycles. The Bertz CT molecular complexity index is 465. The molecule has 0 saturated heterocycles. The standard InChI is InChI=1S/C15H21ClFNO2/c1-9(2)7-14(15(19)20-4)18-10(3)11-5-6-12(16)13(17)8-11/h5-6,8-10,14,18H,7H2,1-4H3. The number of hydrogen-bond acceptors (Lipinski definition) is 3. The zero-order valence-electron chi connectivity index (χ0n) is 12.2. The van der Waals surface area contributed by atoms with Crippen molar-refractivity contribution in [1.82, 2.24) is 5.32 Å². The molecular formula is C15H21ClFNO2. The first-order chi connectivity index (χ1) is 9.35. The summed E-state index contributed by atoms with van der Waals surface area (Å²) in [6.07, 6.45) is 0.660. The van der Waals surface area contributed by atoms with E-state index in [4.69, 9.17) is 16.3 Å². The third-order valence-electron chi connectivity index (χ3n) is 3.09. The number of carbonyl (C=O) groups excluding carboxylic acids is 1. The molecule has 0 aliphatic heterocycles. The molecule has 0 spiro atoms. The van der Waals surface area contributed by atoms with Gasteiger partial charge in [0, 0.05) is 6.04 Å². The molecule has 0 saturated carbocycles. The van der Waals surface area contributed by atoms with Gasteiger partial charge in [-0.15, -0.1) is 0 Å². The highest BCUT2D eigenvalue weighted by molar-refractivity contribution is 6.30. The van der Waals surface area contributed by atoms with Crippen LogP contribution in [0.4, 0.5) is 4.39 Å². The molecular weight excluding hydrogens is 281 g/mol. The van der Waals surface area contributed by atoms with Gasteiger partial charge in [-0.3, -0.25) is 10.1 Å². The minimum absolute atomic E-state index is 0.0904. The van der Waals surface area contributed by atoms with E-state index in [2.05, 4.69) is 5.32 Å². The van der Waals surface area contributed by atoms with Crippen LogP contribution in [0.25, 0.3) is 0 Å². The highest BCUT2D eigenvalue weighted by atomic mass is 35.5. The number of nitrogens with one attached hydrogen (secondary N) is 1. The summed E-state index contributed by atoms with van der Waals surface area (Å²) >= 11 is 5.66. The Morgan fingerprint density at radius 1 is 1.40 bits per heavy atom. The van der Waals surface area contributed by atoms with Crippen LogP contribution in [0.5, 0.6) is 0 Å². The predicted octanol–water partition coefficient (Wildman–Crippen LogP) is 3.72. The molecule has 0 aromatic heterocycles. The summed E-state index contributed by atoms with van der Waals surface area (Å²) in [5, 5.41) is 3.27. The fraction of sp³-hybridized carbons (Fsp3) is 0.533. The Labute approximate surface area is 124 Å². The fourth-order valence-electron chi connectivity index (χ4n) is 2.03. The van der Waals surface area contributed by atoms with Gasteiger partial charge in [0.2, 0.25) is 0 Å². The van der Waals surface area contributed by atoms with Gasteiger partial charge in [-0.2, -0.15) is 0 Å². The van der Waals surface area contributed by atoms with Crippen molar-refractivity contribution in [3.05, 3.63) is 34.6 Å². The van der Waals surface area contributed by atoms with Crippen molar-refractivity contribution >= 4 is 17.6 Å². The lowest BCUT2D eigenvalue weighted by molar-refractivity contribution is -0.143. The van der Waals surface area contributed by atoms with Crippen molar-refractivity contribution in [2.45, 2.75) is 39.3 Å². The van der Waals surface area contributed by atoms with Gasteiger partial charge in [-0.25, -0.2) is 4.39 Å². The number of esters is 1. The van der Waals surface area contributed by atoms with Gasteiger partial charge in [-0.05, 0) is 37.0 Å². The minimum Gasteiger partial charge on any atom is -0.468 e. The normalized spacial score (nSPS) is 14.2. The first-order valence-electron chi connectivity index (χ1n) is 6.64. The first kappa shape index (κ1) is 16.9. The third kappa shape index (κ3) is 4.76. The molecule has 20 heavy (non-hydrogen) atoms. The van der Waals surface area contributed by atoms with Crippen LogP contribution in [0.15, 0.2) is 18.2 Å². The Kier molecular flexibility index (Phi) is 6.43. The number of ether oxygens (including phenoxy) is 1. The Morgan fingerprint density at radius 3 is 2.55 bits per heavy atom. The molecule has 1 rings (SSSR count). The fourth-order valence-corrected chi connectivity index (χ4v) is 2.14. The average molecular weight is 302 g/mol. The van der Waals surface area contributed by atoms with E-state index in [1.165, 1.54) is 19.2 Å². The maximum absolute atomic E-state index is 13.5. The second-order valence-electron chi connectivity index (χ2n) is 5.27. The highest BCUT2D eigenvalue weighted by Crippen LogP contribution is 2.21. The van der Waals surface area contributed by atoms with E-state index in [1.54, 1.807) is 6.07 Å². The summed E-state index contributed by atoms with van der Waals surface area (Å²) in [5.74, 6) is -0.419. The molecule has 0 amide bonds. The lowest BCUT2D eigenvalue weighted by atomic mass is 10.0. The second kappa shape index (κ2) is 7.60. The molecule has 112 valence electrons. The molecule has 2 unspecified atom stereocenters. The van der Waals surface area contributed by atoms with Crippen molar-refractivity contribution in [2.24, 2.45) is 5.92 Å². The lowest BCUT2D eigenvalue weighted by Crippen LogP contribution is -2.40. The molecule has 0 aliphatic rings. The van der Waals surface area contributed by atoms with Crippen molar-refractivity contribution < 1.29 is 13.9 Å². The SMILES string of the molecule is COC(=O)C(CC(C)C)NC(C)c1ccc(Cl)c(F)c1. The van der Waals surface area contributed by atoms with E-state index in [1.807, 2.05) is 20.8 Å². The van der Waals surface area contributed by atoms with Crippen LogP contribution in [0.3, 0.4) is 0 Å². The smallest absolute Gasteiger partial charge is 0.322 e. The van der Waals surface area contributed by atoms with Crippen LogP contribution in [0.1, 0.15) is 38.8 Å². The summed E-state index contributed by atoms with van der Waals surface area (Å²) < 4.78 is 18.3. The molecule has 5 heteroatoms. The number of carbonyl (C=O) groups is 1. The number of benzene rings is 1. The lowest BCUT2D eigenvalue weighted by Gasteiger charge is -2.23. The Morgan fingerprint density at radius 2 is 2.05 bits per heavy atom. The average Bonchev–Trinajstić information content (AvgIpc) is 2.39. The molecule has 1 aromatic carbocycles. The van der Waals surface area contributed by atoms with E-state index in [-0.39, 0.29) is 17.0 Å². The monoisotopic (exact) mass is 301 g/mol. The van der Waals surface area contributed by atoms with Crippen molar-refractivity contribution in [1.29, 1.82) is 0 Å². The summed E-state index contributed by atoms with van der Waals surface area (Å²) in [6.45, 7) is 5.94. The van der Waals surface area contributed by atoms with Gasteiger partial charge >= 0.3 is 5.97 Å². The largest absolute Gasteiger partial charge is 0.468 e. The molecule has 3 nitrogen and oxygen atoms in total. The summed E-state index contributed by atoms with van der Waals surface area (Å²) in [7, 11) is 1.37. The van der Waals surface area contributed by atoms with Gasteiger partial charge in [0.05, 0.1) is 12.1 Å². The van der Waals surface area contributed by atoms with E-state index < -0.39 is 11.9 Å². The second-order valence-corrected chi connectivity index (χ2v) is 5.67. The summed E-state index contributed by atoms with van der Waals surface area (Å²) in [6, 6.07) is 4.05. The summed E-state index contributed by atoms with van der Waals surface area (Å²) in [5.41, 5.74) is 0.740. The number of rotatable bonds is 6. The van der Waals surface area contributed by atoms with Crippen molar-refractivity contribution in [3.63, 3.8) is 0 Å². The van der Waals surface area contributed by atoms with Crippen LogP contribution in [-0.4, -0.2) is 19.1 Å². The molecule has 0 bridgehead atoms. The maximum atomic E-state index is 13.5. The minimum atomic E-state index is -0.462. The quantitative estimate of drug-likeness (QED) is 0.814. The van der Waals surface area contributed by atoms with E-state index in [9.17, 15) is 9.18 Å². The molecule has 0 fully saturated rings. The Balaban J connectivity index is 2.81. The van der Waals surface area contributed by atoms with Gasteiger partial charge in [-0.1, -0.05) is 31.5 Å². The van der Waals surface area contributed by atoms with Gasteiger partial charge in [0.15, 0.2) is 0 Å². The topological polar surface area (TPSA) is 38.3 Å². The van der Waals surface area contributed by atoms with Crippen LogP contribution < -0.4 is 5.32 Å². The first-order valence-corrected chi connectivity index (χ1v) is 7.01. The molecule has 2 atom stereocenters. The van der Waals surface area contributed by atoms with Gasteiger partial charge < -0.3 is 4.74 Å². The van der Waals surface area contributed by atoms with Crippen LogP contribution in [-0.2, 0) is 9.53 Å². The van der Waals surface area contributed by atoms with Crippen molar-refractivity contribution in [2.75, 3.05) is 7.11 Å². The number of hydrogen-bond donors (Lipinski definition) is 1. The summed E-state index contributed by atoms with van der Waals surface area (Å²) in [4.78, 5) is 11.8. The highest BCUT2D eigenvalue weighted by Gasteiger charge is 2.23. The molecule has 1 aromatic rings. The maximum Gasteiger partial charge on any atom is 0.322 e.